The standard InChI is InChI=1S/C14H19F2N/c1-4-17-12(8-10(2)3)9-11-6-5-7-13(15)14(11)16/h5-7,12,17H,2,4,8-9H2,1,3H3. The third kappa shape index (κ3) is 4.27. The van der Waals surface area contributed by atoms with Gasteiger partial charge in [-0.1, -0.05) is 24.6 Å². The molecule has 1 unspecified atom stereocenters. The molecule has 0 saturated carbocycles. The molecule has 1 rings (SSSR count). The van der Waals surface area contributed by atoms with E-state index >= 15 is 0 Å². The Morgan fingerprint density at radius 3 is 2.71 bits per heavy atom. The van der Waals surface area contributed by atoms with Crippen molar-refractivity contribution in [3.63, 3.8) is 0 Å². The molecule has 0 heterocycles. The Labute approximate surface area is 102 Å². The maximum absolute atomic E-state index is 13.5. The van der Waals surface area contributed by atoms with Gasteiger partial charge in [-0.15, -0.1) is 6.58 Å². The van der Waals surface area contributed by atoms with E-state index in [9.17, 15) is 8.78 Å². The van der Waals surface area contributed by atoms with Crippen molar-refractivity contribution in [1.82, 2.24) is 5.32 Å². The van der Waals surface area contributed by atoms with Crippen molar-refractivity contribution in [1.29, 1.82) is 0 Å². The van der Waals surface area contributed by atoms with Gasteiger partial charge in [-0.05, 0) is 37.9 Å². The van der Waals surface area contributed by atoms with Gasteiger partial charge in [0.2, 0.25) is 0 Å². The Balaban J connectivity index is 2.78. The lowest BCUT2D eigenvalue weighted by Crippen LogP contribution is -2.31. The molecule has 94 valence electrons. The minimum Gasteiger partial charge on any atom is -0.314 e. The van der Waals surface area contributed by atoms with Crippen LogP contribution in [0.1, 0.15) is 25.8 Å². The Bertz CT molecular complexity index is 388. The average molecular weight is 239 g/mol. The number of halogens is 2. The fraction of sp³-hybridized carbons (Fsp3) is 0.429. The summed E-state index contributed by atoms with van der Waals surface area (Å²) in [4.78, 5) is 0. The van der Waals surface area contributed by atoms with Crippen LogP contribution in [0, 0.1) is 11.6 Å². The lowest BCUT2D eigenvalue weighted by molar-refractivity contribution is 0.473. The third-order valence-electron chi connectivity index (χ3n) is 2.59. The number of hydrogen-bond donors (Lipinski definition) is 1. The first-order valence-electron chi connectivity index (χ1n) is 5.85. The molecule has 0 spiro atoms. The molecule has 1 nitrogen and oxygen atoms in total. The Morgan fingerprint density at radius 2 is 2.12 bits per heavy atom. The maximum atomic E-state index is 13.5. The van der Waals surface area contributed by atoms with E-state index in [-0.39, 0.29) is 6.04 Å². The molecule has 0 aliphatic heterocycles. The van der Waals surface area contributed by atoms with Crippen LogP contribution in [0.4, 0.5) is 8.78 Å². The summed E-state index contributed by atoms with van der Waals surface area (Å²) >= 11 is 0. The Morgan fingerprint density at radius 1 is 1.41 bits per heavy atom. The van der Waals surface area contributed by atoms with Gasteiger partial charge in [-0.2, -0.15) is 0 Å². The van der Waals surface area contributed by atoms with Crippen LogP contribution in [-0.4, -0.2) is 12.6 Å². The zero-order chi connectivity index (χ0) is 12.8. The van der Waals surface area contributed by atoms with Crippen molar-refractivity contribution in [2.75, 3.05) is 6.54 Å². The van der Waals surface area contributed by atoms with Gasteiger partial charge in [0.25, 0.3) is 0 Å². The Kier molecular flexibility index (Phi) is 5.29. The van der Waals surface area contributed by atoms with E-state index in [0.29, 0.717) is 12.0 Å². The van der Waals surface area contributed by atoms with Crippen LogP contribution in [0.5, 0.6) is 0 Å². The molecule has 0 bridgehead atoms. The van der Waals surface area contributed by atoms with E-state index < -0.39 is 11.6 Å². The summed E-state index contributed by atoms with van der Waals surface area (Å²) in [6.07, 6.45) is 1.24. The lowest BCUT2D eigenvalue weighted by atomic mass is 10.00. The van der Waals surface area contributed by atoms with Gasteiger partial charge in [-0.25, -0.2) is 8.78 Å². The summed E-state index contributed by atoms with van der Waals surface area (Å²) in [5.74, 6) is -1.52. The van der Waals surface area contributed by atoms with Crippen molar-refractivity contribution in [3.8, 4) is 0 Å². The van der Waals surface area contributed by atoms with E-state index in [2.05, 4.69) is 11.9 Å². The predicted octanol–water partition coefficient (Wildman–Crippen LogP) is 3.45. The van der Waals surface area contributed by atoms with Crippen LogP contribution in [0.2, 0.25) is 0 Å². The summed E-state index contributed by atoms with van der Waals surface area (Å²) in [6, 6.07) is 4.41. The van der Waals surface area contributed by atoms with Gasteiger partial charge in [0.1, 0.15) is 0 Å². The molecule has 1 atom stereocenters. The number of benzene rings is 1. The van der Waals surface area contributed by atoms with Crippen molar-refractivity contribution < 1.29 is 8.78 Å². The van der Waals surface area contributed by atoms with Crippen molar-refractivity contribution in [2.45, 2.75) is 32.7 Å². The highest BCUT2D eigenvalue weighted by molar-refractivity contribution is 5.20. The lowest BCUT2D eigenvalue weighted by Gasteiger charge is -2.18. The summed E-state index contributed by atoms with van der Waals surface area (Å²) in [5, 5.41) is 3.26. The van der Waals surface area contributed by atoms with Crippen LogP contribution in [0.25, 0.3) is 0 Å². The molecule has 17 heavy (non-hydrogen) atoms. The van der Waals surface area contributed by atoms with E-state index in [1.54, 1.807) is 6.07 Å². The molecular formula is C14H19F2N. The molecule has 0 amide bonds. The SMILES string of the molecule is C=C(C)CC(Cc1cccc(F)c1F)NCC. The molecule has 0 saturated heterocycles. The third-order valence-corrected chi connectivity index (χ3v) is 2.59. The highest BCUT2D eigenvalue weighted by Crippen LogP contribution is 2.15. The van der Waals surface area contributed by atoms with Crippen LogP contribution >= 0.6 is 0 Å². The van der Waals surface area contributed by atoms with Crippen molar-refractivity contribution in [3.05, 3.63) is 47.5 Å². The van der Waals surface area contributed by atoms with Crippen LogP contribution in [0.15, 0.2) is 30.4 Å². The minimum atomic E-state index is -0.784. The predicted molar refractivity (Wildman–Crippen MR) is 67.0 cm³/mol. The monoisotopic (exact) mass is 239 g/mol. The highest BCUT2D eigenvalue weighted by Gasteiger charge is 2.13. The highest BCUT2D eigenvalue weighted by atomic mass is 19.2. The molecule has 0 radical (unpaired) electrons. The largest absolute Gasteiger partial charge is 0.314 e. The van der Waals surface area contributed by atoms with Gasteiger partial charge in [0, 0.05) is 6.04 Å². The van der Waals surface area contributed by atoms with Crippen LogP contribution < -0.4 is 5.32 Å². The van der Waals surface area contributed by atoms with E-state index in [4.69, 9.17) is 0 Å². The number of nitrogens with one attached hydrogen (secondary N) is 1. The van der Waals surface area contributed by atoms with E-state index in [0.717, 1.165) is 24.6 Å². The van der Waals surface area contributed by atoms with Gasteiger partial charge in [0.15, 0.2) is 11.6 Å². The summed E-state index contributed by atoms with van der Waals surface area (Å²) in [7, 11) is 0. The fourth-order valence-electron chi connectivity index (χ4n) is 1.90. The summed E-state index contributed by atoms with van der Waals surface area (Å²) in [5.41, 5.74) is 1.45. The zero-order valence-electron chi connectivity index (χ0n) is 10.4. The molecule has 1 N–H and O–H groups in total. The molecule has 0 aliphatic rings. The van der Waals surface area contributed by atoms with Crippen LogP contribution in [-0.2, 0) is 6.42 Å². The van der Waals surface area contributed by atoms with Gasteiger partial charge in [0.05, 0.1) is 0 Å². The first-order chi connectivity index (χ1) is 8.04. The molecule has 1 aromatic rings. The normalized spacial score (nSPS) is 12.5. The molecule has 3 heteroatoms. The summed E-state index contributed by atoms with van der Waals surface area (Å²) < 4.78 is 26.6. The molecule has 1 aromatic carbocycles. The number of rotatable bonds is 6. The van der Waals surface area contributed by atoms with Crippen LogP contribution in [0.3, 0.4) is 0 Å². The molecule has 0 aliphatic carbocycles. The second-order valence-electron chi connectivity index (χ2n) is 4.33. The molecular weight excluding hydrogens is 220 g/mol. The maximum Gasteiger partial charge on any atom is 0.162 e. The topological polar surface area (TPSA) is 12.0 Å². The van der Waals surface area contributed by atoms with E-state index in [1.807, 2.05) is 13.8 Å². The summed E-state index contributed by atoms with van der Waals surface area (Å²) in [6.45, 7) is 8.58. The minimum absolute atomic E-state index is 0.105. The van der Waals surface area contributed by atoms with Gasteiger partial charge >= 0.3 is 0 Å². The second kappa shape index (κ2) is 6.50. The van der Waals surface area contributed by atoms with Crippen molar-refractivity contribution in [2.24, 2.45) is 0 Å². The quantitative estimate of drug-likeness (QED) is 0.750. The first kappa shape index (κ1) is 13.8. The van der Waals surface area contributed by atoms with Gasteiger partial charge in [-0.3, -0.25) is 0 Å². The second-order valence-corrected chi connectivity index (χ2v) is 4.33. The smallest absolute Gasteiger partial charge is 0.162 e. The zero-order valence-corrected chi connectivity index (χ0v) is 10.4. The number of likely N-dealkylation sites (N-methyl/N-ethyl adjacent to an activating group) is 1. The first-order valence-corrected chi connectivity index (χ1v) is 5.85. The van der Waals surface area contributed by atoms with E-state index in [1.165, 1.54) is 6.07 Å². The average Bonchev–Trinajstić information content (AvgIpc) is 2.24. The molecule has 0 aromatic heterocycles. The number of hydrogen-bond acceptors (Lipinski definition) is 1. The fourth-order valence-corrected chi connectivity index (χ4v) is 1.90. The van der Waals surface area contributed by atoms with Gasteiger partial charge < -0.3 is 5.32 Å². The Hall–Kier alpha value is -1.22. The van der Waals surface area contributed by atoms with Crippen molar-refractivity contribution >= 4 is 0 Å². The molecule has 0 fully saturated rings.